The molecule has 144 valence electrons. The fraction of sp³-hybridized carbons (Fsp3) is 0.0769. The van der Waals surface area contributed by atoms with E-state index in [2.05, 4.69) is 109 Å². The molecule has 0 radical (unpaired) electrons. The van der Waals surface area contributed by atoms with Gasteiger partial charge in [0.2, 0.25) is 0 Å². The minimum atomic E-state index is -0.376. The first kappa shape index (κ1) is 21.0. The third-order valence-corrected chi connectivity index (χ3v) is 12.4. The van der Waals surface area contributed by atoms with Crippen LogP contribution in [0.4, 0.5) is 0 Å². The summed E-state index contributed by atoms with van der Waals surface area (Å²) in [5.41, 5.74) is 3.17. The number of rotatable bonds is 8. The normalized spacial score (nSPS) is 10.8. The van der Waals surface area contributed by atoms with E-state index in [1.807, 2.05) is 0 Å². The van der Waals surface area contributed by atoms with Gasteiger partial charge in [0, 0.05) is 0 Å². The molecule has 0 aromatic heterocycles. The number of benzene rings is 4. The predicted molar refractivity (Wildman–Crippen MR) is 129 cm³/mol. The second kappa shape index (κ2) is 11.2. The Morgan fingerprint density at radius 2 is 0.931 bits per heavy atom. The summed E-state index contributed by atoms with van der Waals surface area (Å²) in [4.78, 5) is 0. The fourth-order valence-electron chi connectivity index (χ4n) is 2.96. The summed E-state index contributed by atoms with van der Waals surface area (Å²) >= 11 is 0.602. The van der Waals surface area contributed by atoms with Gasteiger partial charge in [-0.05, 0) is 0 Å². The van der Waals surface area contributed by atoms with Gasteiger partial charge in [-0.25, -0.2) is 0 Å². The Labute approximate surface area is 196 Å². The van der Waals surface area contributed by atoms with E-state index in [-0.39, 0.29) is 20.9 Å². The molecule has 0 fully saturated rings. The van der Waals surface area contributed by atoms with Gasteiger partial charge in [0.25, 0.3) is 0 Å². The monoisotopic (exact) mass is 624 g/mol. The summed E-state index contributed by atoms with van der Waals surface area (Å²) < 4.78 is 6.20. The fourth-order valence-corrected chi connectivity index (χ4v) is 11.1. The third kappa shape index (κ3) is 6.34. The van der Waals surface area contributed by atoms with Crippen molar-refractivity contribution in [2.75, 3.05) is 0 Å². The maximum absolute atomic E-state index is 2.38. The molecule has 29 heavy (non-hydrogen) atoms. The molecule has 0 aliphatic rings. The van der Waals surface area contributed by atoms with Gasteiger partial charge in [0.05, 0.1) is 0 Å². The van der Waals surface area contributed by atoms with Crippen molar-refractivity contribution in [1.29, 1.82) is 0 Å². The molecule has 3 heteroatoms. The molecular formula is C26H22Se2Te. The summed E-state index contributed by atoms with van der Waals surface area (Å²) in [6.07, 6.45) is 0. The molecule has 0 spiro atoms. The molecule has 0 heterocycles. The van der Waals surface area contributed by atoms with Crippen molar-refractivity contribution in [2.24, 2.45) is 0 Å². The van der Waals surface area contributed by atoms with Crippen molar-refractivity contribution in [3.8, 4) is 0 Å². The Hall–Kier alpha value is -1.29. The number of hydrogen-bond donors (Lipinski definition) is 0. The van der Waals surface area contributed by atoms with Crippen LogP contribution in [-0.2, 0) is 10.6 Å². The van der Waals surface area contributed by atoms with Crippen molar-refractivity contribution in [2.45, 2.75) is 10.6 Å². The Morgan fingerprint density at radius 1 is 0.483 bits per heavy atom. The van der Waals surface area contributed by atoms with Gasteiger partial charge in [-0.15, -0.1) is 0 Å². The third-order valence-electron chi connectivity index (χ3n) is 4.42. The van der Waals surface area contributed by atoms with Crippen molar-refractivity contribution >= 4 is 67.0 Å². The van der Waals surface area contributed by atoms with Crippen LogP contribution in [0, 0.1) is 0 Å². The Balaban J connectivity index is 1.58. The molecular weight excluding hydrogens is 598 g/mol. The van der Waals surface area contributed by atoms with Gasteiger partial charge in [-0.3, -0.25) is 0 Å². The second-order valence-corrected chi connectivity index (χ2v) is 14.0. The number of hydrogen-bond acceptors (Lipinski definition) is 0. The van der Waals surface area contributed by atoms with Gasteiger partial charge < -0.3 is 0 Å². The van der Waals surface area contributed by atoms with Gasteiger partial charge in [0.1, 0.15) is 0 Å². The van der Waals surface area contributed by atoms with E-state index >= 15 is 0 Å². The van der Waals surface area contributed by atoms with Crippen LogP contribution in [0.15, 0.2) is 109 Å². The molecule has 0 unspecified atom stereocenters. The molecule has 0 saturated carbocycles. The average molecular weight is 620 g/mol. The molecule has 4 rings (SSSR count). The molecule has 0 aliphatic heterocycles. The van der Waals surface area contributed by atoms with E-state index in [9.17, 15) is 0 Å². The summed E-state index contributed by atoms with van der Waals surface area (Å²) in [6, 6.07) is 40.1. The maximum atomic E-state index is 2.38. The van der Waals surface area contributed by atoms with Crippen LogP contribution in [0.2, 0.25) is 0 Å². The zero-order chi connectivity index (χ0) is 19.7. The Morgan fingerprint density at radius 3 is 1.41 bits per heavy atom. The van der Waals surface area contributed by atoms with Crippen molar-refractivity contribution in [3.63, 3.8) is 0 Å². The van der Waals surface area contributed by atoms with Crippen LogP contribution in [0.1, 0.15) is 11.1 Å². The SMILES string of the molecule is c1ccc([Se]Cc2cccc(C[Se]c3ccccc3)c2[Te]c2ccccc2)cc1. The first-order valence-electron chi connectivity index (χ1n) is 9.58. The molecule has 0 atom stereocenters. The summed E-state index contributed by atoms with van der Waals surface area (Å²) in [5, 5.41) is 2.38. The quantitative estimate of drug-likeness (QED) is 0.266. The van der Waals surface area contributed by atoms with Gasteiger partial charge in [-0.2, -0.15) is 0 Å². The molecule has 4 aromatic rings. The average Bonchev–Trinajstić information content (AvgIpc) is 2.79. The van der Waals surface area contributed by atoms with E-state index in [1.54, 1.807) is 14.7 Å². The molecule has 0 N–H and O–H groups in total. The van der Waals surface area contributed by atoms with Crippen molar-refractivity contribution < 1.29 is 0 Å². The van der Waals surface area contributed by atoms with Crippen LogP contribution in [0.25, 0.3) is 0 Å². The Bertz CT molecular complexity index is 957. The summed E-state index contributed by atoms with van der Waals surface area (Å²) in [5.74, 6) is 0. The van der Waals surface area contributed by atoms with Crippen molar-refractivity contribution in [1.82, 2.24) is 0 Å². The van der Waals surface area contributed by atoms with E-state index < -0.39 is 0 Å². The standard InChI is InChI=1S/C26H22Se2Te/c1-4-13-23(14-5-1)27-19-21-11-10-12-22(20-28-24-15-6-2-7-16-24)26(21)29-25-17-8-3-9-18-25/h1-18H,19-20H2. The molecule has 0 bridgehead atoms. The van der Waals surface area contributed by atoms with E-state index in [0.717, 1.165) is 0 Å². The van der Waals surface area contributed by atoms with Crippen molar-refractivity contribution in [3.05, 3.63) is 120 Å². The molecule has 0 amide bonds. The van der Waals surface area contributed by atoms with E-state index in [1.165, 1.54) is 23.2 Å². The molecule has 0 nitrogen and oxygen atoms in total. The molecule has 0 aliphatic carbocycles. The van der Waals surface area contributed by atoms with Crippen LogP contribution < -0.4 is 16.1 Å². The minimum absolute atomic E-state index is 0.376. The molecule has 4 aromatic carbocycles. The van der Waals surface area contributed by atoms with E-state index in [0.29, 0.717) is 29.9 Å². The topological polar surface area (TPSA) is 0 Å². The van der Waals surface area contributed by atoms with Crippen LogP contribution in [0.5, 0.6) is 0 Å². The van der Waals surface area contributed by atoms with E-state index in [4.69, 9.17) is 0 Å². The van der Waals surface area contributed by atoms with Crippen LogP contribution in [-0.4, -0.2) is 50.8 Å². The van der Waals surface area contributed by atoms with Gasteiger partial charge in [0.15, 0.2) is 0 Å². The second-order valence-electron chi connectivity index (χ2n) is 6.52. The first-order valence-corrected chi connectivity index (χ1v) is 16.0. The summed E-state index contributed by atoms with van der Waals surface area (Å²) in [6.45, 7) is 0. The summed E-state index contributed by atoms with van der Waals surface area (Å²) in [7, 11) is 0. The zero-order valence-corrected chi connectivity index (χ0v) is 21.8. The van der Waals surface area contributed by atoms with Gasteiger partial charge >= 0.3 is 198 Å². The zero-order valence-electron chi connectivity index (χ0n) is 16.0. The first-order chi connectivity index (χ1) is 14.4. The predicted octanol–water partition coefficient (Wildman–Crippen LogP) is 2.40. The van der Waals surface area contributed by atoms with Crippen LogP contribution >= 0.6 is 0 Å². The van der Waals surface area contributed by atoms with Crippen LogP contribution in [0.3, 0.4) is 0 Å². The molecule has 0 saturated heterocycles. The van der Waals surface area contributed by atoms with Gasteiger partial charge in [-0.1, -0.05) is 0 Å². The Kier molecular flexibility index (Phi) is 8.09.